The minimum Gasteiger partial charge on any atom is -0.396 e. The number of halogens is 2. The van der Waals surface area contributed by atoms with E-state index in [1.807, 2.05) is 0 Å². The van der Waals surface area contributed by atoms with Gasteiger partial charge in [-0.05, 0) is 18.9 Å². The van der Waals surface area contributed by atoms with Crippen LogP contribution in [-0.4, -0.2) is 11.7 Å². The Morgan fingerprint density at radius 2 is 2.07 bits per heavy atom. The molecule has 1 saturated carbocycles. The van der Waals surface area contributed by atoms with E-state index >= 15 is 0 Å². The molecule has 15 heavy (non-hydrogen) atoms. The molecule has 0 radical (unpaired) electrons. The summed E-state index contributed by atoms with van der Waals surface area (Å²) in [5, 5.41) is 9.16. The molecule has 0 aliphatic heterocycles. The van der Waals surface area contributed by atoms with Gasteiger partial charge >= 0.3 is 0 Å². The first-order valence-corrected chi connectivity index (χ1v) is 4.90. The van der Waals surface area contributed by atoms with Crippen molar-refractivity contribution in [1.82, 2.24) is 0 Å². The molecule has 0 spiro atoms. The molecule has 0 amide bonds. The normalized spacial score (nSPS) is 20.0. The van der Waals surface area contributed by atoms with Gasteiger partial charge in [0.25, 0.3) is 0 Å². The van der Waals surface area contributed by atoms with Crippen LogP contribution in [0.4, 0.5) is 8.78 Å². The predicted molar refractivity (Wildman–Crippen MR) is 52.0 cm³/mol. The van der Waals surface area contributed by atoms with Gasteiger partial charge in [-0.15, -0.1) is 0 Å². The molecule has 1 unspecified atom stereocenters. The van der Waals surface area contributed by atoms with Crippen molar-refractivity contribution < 1.29 is 13.9 Å². The number of rotatable bonds is 3. The summed E-state index contributed by atoms with van der Waals surface area (Å²) >= 11 is 0. The first-order valence-electron chi connectivity index (χ1n) is 4.90. The van der Waals surface area contributed by atoms with Crippen molar-refractivity contribution >= 4 is 0 Å². The number of hydrogen-bond acceptors (Lipinski definition) is 2. The first-order chi connectivity index (χ1) is 7.09. The monoisotopic (exact) mass is 213 g/mol. The van der Waals surface area contributed by atoms with Crippen LogP contribution in [0.3, 0.4) is 0 Å². The highest BCUT2D eigenvalue weighted by Gasteiger charge is 2.48. The van der Waals surface area contributed by atoms with Crippen LogP contribution in [-0.2, 0) is 0 Å². The topological polar surface area (TPSA) is 46.2 Å². The first kappa shape index (κ1) is 10.5. The van der Waals surface area contributed by atoms with E-state index in [1.165, 1.54) is 12.1 Å². The summed E-state index contributed by atoms with van der Waals surface area (Å²) in [7, 11) is 0. The third-order valence-electron chi connectivity index (χ3n) is 3.16. The fourth-order valence-corrected chi connectivity index (χ4v) is 1.81. The van der Waals surface area contributed by atoms with E-state index in [9.17, 15) is 8.78 Å². The van der Waals surface area contributed by atoms with Crippen LogP contribution in [0.5, 0.6) is 0 Å². The maximum Gasteiger partial charge on any atom is 0.130 e. The minimum absolute atomic E-state index is 0.0506. The lowest BCUT2D eigenvalue weighted by atomic mass is 9.91. The third kappa shape index (κ3) is 1.75. The second-order valence-corrected chi connectivity index (χ2v) is 4.16. The Labute approximate surface area is 86.7 Å². The molecule has 1 aromatic carbocycles. The molecule has 1 fully saturated rings. The van der Waals surface area contributed by atoms with Crippen LogP contribution in [0.2, 0.25) is 0 Å². The molecular formula is C11H13F2NO. The predicted octanol–water partition coefficient (Wildman–Crippen LogP) is 1.74. The molecule has 3 N–H and O–H groups in total. The highest BCUT2D eigenvalue weighted by Crippen LogP contribution is 2.53. The van der Waals surface area contributed by atoms with Gasteiger partial charge in [0.15, 0.2) is 0 Å². The molecule has 2 nitrogen and oxygen atoms in total. The summed E-state index contributed by atoms with van der Waals surface area (Å²) in [6, 6.07) is 2.81. The van der Waals surface area contributed by atoms with Crippen molar-refractivity contribution in [3.63, 3.8) is 0 Å². The smallest absolute Gasteiger partial charge is 0.130 e. The molecular weight excluding hydrogens is 200 g/mol. The van der Waals surface area contributed by atoms with E-state index in [-0.39, 0.29) is 12.2 Å². The summed E-state index contributed by atoms with van der Waals surface area (Å²) in [4.78, 5) is 0. The highest BCUT2D eigenvalue weighted by molar-refractivity contribution is 5.26. The van der Waals surface area contributed by atoms with Crippen molar-refractivity contribution in [3.8, 4) is 0 Å². The maximum absolute atomic E-state index is 13.4. The fraction of sp³-hybridized carbons (Fsp3) is 0.455. The van der Waals surface area contributed by atoms with Gasteiger partial charge in [-0.25, -0.2) is 8.78 Å². The summed E-state index contributed by atoms with van der Waals surface area (Å²) in [5.74, 6) is -1.25. The summed E-state index contributed by atoms with van der Waals surface area (Å²) in [6.45, 7) is -0.0506. The lowest BCUT2D eigenvalue weighted by molar-refractivity contribution is 0.186. The van der Waals surface area contributed by atoms with E-state index in [0.717, 1.165) is 18.9 Å². The molecule has 1 atom stereocenters. The van der Waals surface area contributed by atoms with Crippen LogP contribution >= 0.6 is 0 Å². The van der Waals surface area contributed by atoms with Crippen molar-refractivity contribution in [2.45, 2.75) is 18.9 Å². The Morgan fingerprint density at radius 1 is 1.40 bits per heavy atom. The van der Waals surface area contributed by atoms with Crippen LogP contribution in [0.1, 0.15) is 24.4 Å². The summed E-state index contributed by atoms with van der Waals surface area (Å²) in [5.41, 5.74) is 5.76. The van der Waals surface area contributed by atoms with Crippen molar-refractivity contribution in [2.75, 3.05) is 6.61 Å². The van der Waals surface area contributed by atoms with E-state index in [2.05, 4.69) is 0 Å². The zero-order valence-corrected chi connectivity index (χ0v) is 8.21. The van der Waals surface area contributed by atoms with E-state index < -0.39 is 23.1 Å². The molecule has 1 aromatic rings. The largest absolute Gasteiger partial charge is 0.396 e. The van der Waals surface area contributed by atoms with Crippen molar-refractivity contribution in [3.05, 3.63) is 35.4 Å². The second-order valence-electron chi connectivity index (χ2n) is 4.16. The highest BCUT2D eigenvalue weighted by atomic mass is 19.1. The third-order valence-corrected chi connectivity index (χ3v) is 3.16. The van der Waals surface area contributed by atoms with Gasteiger partial charge in [-0.1, -0.05) is 6.07 Å². The molecule has 4 heteroatoms. The van der Waals surface area contributed by atoms with Gasteiger partial charge < -0.3 is 10.8 Å². The average Bonchev–Trinajstić information content (AvgIpc) is 2.97. The fourth-order valence-electron chi connectivity index (χ4n) is 1.81. The van der Waals surface area contributed by atoms with Crippen molar-refractivity contribution in [2.24, 2.45) is 11.1 Å². The summed E-state index contributed by atoms with van der Waals surface area (Å²) < 4.78 is 26.1. The Kier molecular flexibility index (Phi) is 2.48. The number of nitrogens with two attached hydrogens (primary N) is 1. The molecule has 82 valence electrons. The van der Waals surface area contributed by atoms with Gasteiger partial charge in [0, 0.05) is 23.1 Å². The Bertz CT molecular complexity index is 377. The van der Waals surface area contributed by atoms with Crippen LogP contribution in [0.15, 0.2) is 18.2 Å². The molecule has 1 aliphatic rings. The Hall–Kier alpha value is -1.00. The zero-order chi connectivity index (χ0) is 11.1. The number of aliphatic hydroxyl groups excluding tert-OH is 1. The van der Waals surface area contributed by atoms with Crippen LogP contribution in [0, 0.1) is 17.0 Å². The van der Waals surface area contributed by atoms with E-state index in [4.69, 9.17) is 10.8 Å². The number of benzene rings is 1. The molecule has 1 aliphatic carbocycles. The molecule has 0 saturated heterocycles. The van der Waals surface area contributed by atoms with Crippen LogP contribution < -0.4 is 5.73 Å². The molecule has 2 rings (SSSR count). The quantitative estimate of drug-likeness (QED) is 0.803. The lowest BCUT2D eigenvalue weighted by Gasteiger charge is -2.21. The number of aliphatic hydroxyl groups is 1. The average molecular weight is 213 g/mol. The standard InChI is InChI=1S/C11H13F2NO/c12-7-1-2-8(9(13)5-7)10(14)11(6-15)3-4-11/h1-2,5,10,15H,3-4,6,14H2. The van der Waals surface area contributed by atoms with Gasteiger partial charge in [0.1, 0.15) is 11.6 Å². The van der Waals surface area contributed by atoms with Crippen molar-refractivity contribution in [1.29, 1.82) is 0 Å². The maximum atomic E-state index is 13.4. The lowest BCUT2D eigenvalue weighted by Crippen LogP contribution is -2.26. The molecule has 0 aromatic heterocycles. The van der Waals surface area contributed by atoms with Gasteiger partial charge in [0.2, 0.25) is 0 Å². The SMILES string of the molecule is NC(c1ccc(F)cc1F)C1(CO)CC1. The second kappa shape index (κ2) is 3.54. The van der Waals surface area contributed by atoms with E-state index in [1.54, 1.807) is 0 Å². The van der Waals surface area contributed by atoms with Gasteiger partial charge in [-0.2, -0.15) is 0 Å². The van der Waals surface area contributed by atoms with Crippen LogP contribution in [0.25, 0.3) is 0 Å². The molecule has 0 heterocycles. The zero-order valence-electron chi connectivity index (χ0n) is 8.21. The molecule has 0 bridgehead atoms. The number of hydrogen-bond donors (Lipinski definition) is 2. The summed E-state index contributed by atoms with van der Waals surface area (Å²) in [6.07, 6.45) is 1.59. The minimum atomic E-state index is -0.637. The Morgan fingerprint density at radius 3 is 2.53 bits per heavy atom. The Balaban J connectivity index is 2.29. The van der Waals surface area contributed by atoms with E-state index in [0.29, 0.717) is 0 Å². The van der Waals surface area contributed by atoms with Gasteiger partial charge in [-0.3, -0.25) is 0 Å². The van der Waals surface area contributed by atoms with Gasteiger partial charge in [0.05, 0.1) is 6.61 Å².